The first kappa shape index (κ1) is 13.1. The molecule has 1 aromatic heterocycles. The molecule has 16 heavy (non-hydrogen) atoms. The van der Waals surface area contributed by atoms with Crippen molar-refractivity contribution in [2.45, 2.75) is 59.9 Å². The minimum atomic E-state index is 0.377. The fourth-order valence-electron chi connectivity index (χ4n) is 1.92. The molecule has 0 unspecified atom stereocenters. The van der Waals surface area contributed by atoms with E-state index in [1.54, 1.807) is 4.68 Å². The number of hydrogen-bond donors (Lipinski definition) is 1. The molecule has 0 radical (unpaired) electrons. The summed E-state index contributed by atoms with van der Waals surface area (Å²) in [5.41, 5.74) is 2.15. The summed E-state index contributed by atoms with van der Waals surface area (Å²) in [5, 5.41) is 14.5. The molecule has 1 aromatic rings. The van der Waals surface area contributed by atoms with Crippen LogP contribution in [-0.2, 0) is 19.4 Å². The van der Waals surface area contributed by atoms with Gasteiger partial charge in [-0.3, -0.25) is 0 Å². The van der Waals surface area contributed by atoms with Gasteiger partial charge >= 0.3 is 0 Å². The van der Waals surface area contributed by atoms with Crippen molar-refractivity contribution in [3.05, 3.63) is 11.3 Å². The number of aromatic nitrogens is 2. The Morgan fingerprint density at radius 3 is 2.50 bits per heavy atom. The lowest BCUT2D eigenvalue weighted by Gasteiger charge is -2.05. The van der Waals surface area contributed by atoms with Gasteiger partial charge in [-0.05, 0) is 32.1 Å². The highest BCUT2D eigenvalue weighted by Crippen LogP contribution is 2.25. The monoisotopic (exact) mass is 224 g/mol. The first-order chi connectivity index (χ1) is 7.60. The summed E-state index contributed by atoms with van der Waals surface area (Å²) in [5.74, 6) is 0.933. The fourth-order valence-corrected chi connectivity index (χ4v) is 1.92. The Labute approximate surface area is 98.5 Å². The van der Waals surface area contributed by atoms with Gasteiger partial charge in [0.05, 0.1) is 5.69 Å². The van der Waals surface area contributed by atoms with Crippen LogP contribution in [0.3, 0.4) is 0 Å². The minimum Gasteiger partial charge on any atom is -0.493 e. The number of aryl methyl sites for hydroxylation is 2. The van der Waals surface area contributed by atoms with E-state index in [1.807, 2.05) is 6.92 Å². The third-order valence-corrected chi connectivity index (χ3v) is 2.78. The molecule has 0 saturated heterocycles. The standard InChI is InChI=1S/C13H24N2O/c1-5-7-8-12-11(9-10(3)4)13(16)15(6-2)14-12/h10,16H,5-9H2,1-4H3. The second-order valence-corrected chi connectivity index (χ2v) is 4.77. The zero-order valence-electron chi connectivity index (χ0n) is 11.0. The van der Waals surface area contributed by atoms with Crippen molar-refractivity contribution < 1.29 is 5.11 Å². The molecule has 3 nitrogen and oxygen atoms in total. The van der Waals surface area contributed by atoms with Gasteiger partial charge in [-0.1, -0.05) is 27.2 Å². The normalized spacial score (nSPS) is 11.3. The maximum atomic E-state index is 10.1. The average molecular weight is 224 g/mol. The van der Waals surface area contributed by atoms with Crippen LogP contribution in [0.2, 0.25) is 0 Å². The lowest BCUT2D eigenvalue weighted by molar-refractivity contribution is 0.397. The van der Waals surface area contributed by atoms with Crippen molar-refractivity contribution in [2.75, 3.05) is 0 Å². The van der Waals surface area contributed by atoms with E-state index in [1.165, 1.54) is 6.42 Å². The van der Waals surface area contributed by atoms with E-state index in [9.17, 15) is 5.11 Å². The average Bonchev–Trinajstić information content (AvgIpc) is 2.53. The zero-order valence-corrected chi connectivity index (χ0v) is 11.0. The summed E-state index contributed by atoms with van der Waals surface area (Å²) in [6.45, 7) is 9.27. The van der Waals surface area contributed by atoms with Gasteiger partial charge in [-0.15, -0.1) is 0 Å². The molecule has 1 heterocycles. The third kappa shape index (κ3) is 3.00. The number of hydrogen-bond acceptors (Lipinski definition) is 2. The number of nitrogens with zero attached hydrogens (tertiary/aromatic N) is 2. The van der Waals surface area contributed by atoms with E-state index in [2.05, 4.69) is 25.9 Å². The van der Waals surface area contributed by atoms with Crippen LogP contribution in [-0.4, -0.2) is 14.9 Å². The molecule has 0 aromatic carbocycles. The maximum absolute atomic E-state index is 10.1. The quantitative estimate of drug-likeness (QED) is 0.806. The van der Waals surface area contributed by atoms with Gasteiger partial charge < -0.3 is 5.11 Å². The summed E-state index contributed by atoms with van der Waals surface area (Å²) >= 11 is 0. The van der Waals surface area contributed by atoms with Gasteiger partial charge in [0.25, 0.3) is 0 Å². The van der Waals surface area contributed by atoms with Crippen molar-refractivity contribution in [2.24, 2.45) is 5.92 Å². The maximum Gasteiger partial charge on any atom is 0.212 e. The van der Waals surface area contributed by atoms with Crippen LogP contribution in [0.5, 0.6) is 5.88 Å². The smallest absolute Gasteiger partial charge is 0.212 e. The van der Waals surface area contributed by atoms with Gasteiger partial charge in [0, 0.05) is 12.1 Å². The Hall–Kier alpha value is -0.990. The molecule has 0 amide bonds. The second-order valence-electron chi connectivity index (χ2n) is 4.77. The first-order valence-corrected chi connectivity index (χ1v) is 6.37. The zero-order chi connectivity index (χ0) is 12.1. The number of rotatable bonds is 6. The number of unbranched alkanes of at least 4 members (excludes halogenated alkanes) is 1. The van der Waals surface area contributed by atoms with Gasteiger partial charge in [-0.25, -0.2) is 4.68 Å². The van der Waals surface area contributed by atoms with Crippen LogP contribution in [0.1, 0.15) is 51.8 Å². The van der Waals surface area contributed by atoms with Gasteiger partial charge in [-0.2, -0.15) is 5.10 Å². The predicted octanol–water partition coefficient (Wildman–Crippen LogP) is 3.15. The Morgan fingerprint density at radius 1 is 1.31 bits per heavy atom. The molecule has 0 aliphatic rings. The summed E-state index contributed by atoms with van der Waals surface area (Å²) < 4.78 is 1.71. The third-order valence-electron chi connectivity index (χ3n) is 2.78. The Bertz CT molecular complexity index is 329. The fraction of sp³-hybridized carbons (Fsp3) is 0.769. The number of aromatic hydroxyl groups is 1. The topological polar surface area (TPSA) is 38.0 Å². The van der Waals surface area contributed by atoms with Crippen molar-refractivity contribution in [1.29, 1.82) is 0 Å². The molecule has 92 valence electrons. The van der Waals surface area contributed by atoms with Crippen LogP contribution in [0.4, 0.5) is 0 Å². The van der Waals surface area contributed by atoms with Gasteiger partial charge in [0.2, 0.25) is 5.88 Å². The lowest BCUT2D eigenvalue weighted by atomic mass is 10.0. The van der Waals surface area contributed by atoms with E-state index in [4.69, 9.17) is 0 Å². The highest BCUT2D eigenvalue weighted by Gasteiger charge is 2.16. The molecule has 0 atom stereocenters. The highest BCUT2D eigenvalue weighted by molar-refractivity contribution is 5.31. The van der Waals surface area contributed by atoms with Crippen molar-refractivity contribution in [1.82, 2.24) is 9.78 Å². The van der Waals surface area contributed by atoms with Crippen LogP contribution < -0.4 is 0 Å². The minimum absolute atomic E-state index is 0.377. The van der Waals surface area contributed by atoms with Crippen LogP contribution in [0.15, 0.2) is 0 Å². The first-order valence-electron chi connectivity index (χ1n) is 6.37. The summed E-state index contributed by atoms with van der Waals surface area (Å²) in [7, 11) is 0. The molecule has 0 aliphatic heterocycles. The summed E-state index contributed by atoms with van der Waals surface area (Å²) in [6.07, 6.45) is 4.22. The van der Waals surface area contributed by atoms with Crippen molar-refractivity contribution in [3.8, 4) is 5.88 Å². The molecule has 1 N–H and O–H groups in total. The Balaban J connectivity index is 2.94. The van der Waals surface area contributed by atoms with E-state index in [-0.39, 0.29) is 0 Å². The largest absolute Gasteiger partial charge is 0.493 e. The van der Waals surface area contributed by atoms with Crippen LogP contribution in [0, 0.1) is 5.92 Å². The van der Waals surface area contributed by atoms with E-state index in [0.29, 0.717) is 11.8 Å². The predicted molar refractivity (Wildman–Crippen MR) is 66.7 cm³/mol. The molecule has 3 heteroatoms. The molecule has 0 spiro atoms. The van der Waals surface area contributed by atoms with Crippen LogP contribution in [0.25, 0.3) is 0 Å². The highest BCUT2D eigenvalue weighted by atomic mass is 16.3. The van der Waals surface area contributed by atoms with Gasteiger partial charge in [0.1, 0.15) is 0 Å². The summed E-state index contributed by atoms with van der Waals surface area (Å²) in [4.78, 5) is 0. The van der Waals surface area contributed by atoms with Crippen molar-refractivity contribution in [3.63, 3.8) is 0 Å². The molecule has 0 bridgehead atoms. The van der Waals surface area contributed by atoms with Gasteiger partial charge in [0.15, 0.2) is 0 Å². The summed E-state index contributed by atoms with van der Waals surface area (Å²) in [6, 6.07) is 0. The van der Waals surface area contributed by atoms with E-state index < -0.39 is 0 Å². The van der Waals surface area contributed by atoms with Crippen molar-refractivity contribution >= 4 is 0 Å². The molecule has 0 aliphatic carbocycles. The molecule has 1 rings (SSSR count). The van der Waals surface area contributed by atoms with Crippen LogP contribution >= 0.6 is 0 Å². The van der Waals surface area contributed by atoms with E-state index in [0.717, 1.165) is 37.1 Å². The molecule has 0 saturated carbocycles. The molecule has 0 fully saturated rings. The molecular weight excluding hydrogens is 200 g/mol. The Morgan fingerprint density at radius 2 is 2.00 bits per heavy atom. The SMILES string of the molecule is CCCCc1nn(CC)c(O)c1CC(C)C. The van der Waals surface area contributed by atoms with E-state index >= 15 is 0 Å². The lowest BCUT2D eigenvalue weighted by Crippen LogP contribution is -1.98. The Kier molecular flexibility index (Phi) is 4.84. The second kappa shape index (κ2) is 5.92. The molecular formula is C13H24N2O.